The van der Waals surface area contributed by atoms with Crippen molar-refractivity contribution >= 4 is 5.91 Å². The number of likely N-dealkylation sites (tertiary alicyclic amines) is 1. The largest absolute Gasteiger partial charge is 0.416 e. The van der Waals surface area contributed by atoms with E-state index in [0.29, 0.717) is 18.2 Å². The van der Waals surface area contributed by atoms with Gasteiger partial charge in [-0.2, -0.15) is 13.2 Å². The third kappa shape index (κ3) is 9.98. The van der Waals surface area contributed by atoms with Gasteiger partial charge in [0, 0.05) is 49.2 Å². The Balaban J connectivity index is 1.48. The average Bonchev–Trinajstić information content (AvgIpc) is 2.95. The van der Waals surface area contributed by atoms with Crippen molar-refractivity contribution in [2.24, 2.45) is 5.41 Å². The first-order valence-corrected chi connectivity index (χ1v) is 15.4. The normalized spacial score (nSPS) is 18.6. The van der Waals surface area contributed by atoms with Crippen LogP contribution in [0, 0.1) is 17.3 Å². The van der Waals surface area contributed by atoms with Gasteiger partial charge in [0.05, 0.1) is 12.0 Å². The highest BCUT2D eigenvalue weighted by atomic mass is 19.4. The molecule has 0 radical (unpaired) electrons. The van der Waals surface area contributed by atoms with Crippen LogP contribution in [-0.2, 0) is 23.9 Å². The van der Waals surface area contributed by atoms with Gasteiger partial charge in [-0.15, -0.1) is 0 Å². The topological polar surface area (TPSA) is 26.8 Å². The lowest BCUT2D eigenvalue weighted by molar-refractivity contribution is -0.138. The number of benzene rings is 2. The highest BCUT2D eigenvalue weighted by molar-refractivity contribution is 5.79. The molecular formula is C36H46F3N3O. The molecule has 1 unspecified atom stereocenters. The van der Waals surface area contributed by atoms with Crippen LogP contribution in [0.1, 0.15) is 75.1 Å². The SMILES string of the molecule is CN(C)C1CC=C(CN2CCC(N(Cc3cccc(C#CC(C)(C)C)c3)C(=O)Cc3cccc(C(F)(F)F)c3)CC2)CC1. The number of rotatable bonds is 8. The smallest absolute Gasteiger partial charge is 0.335 e. The zero-order valence-corrected chi connectivity index (χ0v) is 26.3. The van der Waals surface area contributed by atoms with Gasteiger partial charge in [-0.1, -0.05) is 53.8 Å². The van der Waals surface area contributed by atoms with Crippen molar-refractivity contribution < 1.29 is 18.0 Å². The van der Waals surface area contributed by atoms with Crippen molar-refractivity contribution in [2.75, 3.05) is 33.7 Å². The molecule has 1 aliphatic carbocycles. The summed E-state index contributed by atoms with van der Waals surface area (Å²) in [6, 6.07) is 13.7. The molecule has 1 saturated heterocycles. The number of hydrogen-bond donors (Lipinski definition) is 0. The molecule has 1 atom stereocenters. The molecule has 43 heavy (non-hydrogen) atoms. The summed E-state index contributed by atoms with van der Waals surface area (Å²) in [7, 11) is 4.29. The van der Waals surface area contributed by atoms with E-state index < -0.39 is 11.7 Å². The maximum absolute atomic E-state index is 13.8. The van der Waals surface area contributed by atoms with Gasteiger partial charge in [-0.3, -0.25) is 9.69 Å². The standard InChI is InChI=1S/C36H46F3N3O/c1-35(2,3)19-16-27-8-6-10-30(22-27)26-42(34(43)24-29-9-7-11-31(23-29)36(37,38)39)33-17-20-41(21-18-33)25-28-12-14-32(15-13-28)40(4)5/h6-12,22-23,32-33H,13-15,17-18,20-21,24-26H2,1-5H3. The Morgan fingerprint density at radius 1 is 0.953 bits per heavy atom. The van der Waals surface area contributed by atoms with Crippen LogP contribution >= 0.6 is 0 Å². The summed E-state index contributed by atoms with van der Waals surface area (Å²) in [4.78, 5) is 20.5. The zero-order valence-electron chi connectivity index (χ0n) is 26.3. The molecule has 0 bridgehead atoms. The number of hydrogen-bond acceptors (Lipinski definition) is 3. The predicted molar refractivity (Wildman–Crippen MR) is 167 cm³/mol. The monoisotopic (exact) mass is 593 g/mol. The minimum absolute atomic E-state index is 0.0253. The number of nitrogens with zero attached hydrogens (tertiary/aromatic N) is 3. The van der Waals surface area contributed by atoms with Gasteiger partial charge in [-0.25, -0.2) is 0 Å². The maximum atomic E-state index is 13.8. The molecular weight excluding hydrogens is 547 g/mol. The van der Waals surface area contributed by atoms with Crippen LogP contribution < -0.4 is 0 Å². The summed E-state index contributed by atoms with van der Waals surface area (Å²) in [5, 5.41) is 0. The van der Waals surface area contributed by atoms with E-state index in [2.05, 4.69) is 62.6 Å². The third-order valence-electron chi connectivity index (χ3n) is 8.42. The molecule has 7 heteroatoms. The Morgan fingerprint density at radius 2 is 1.65 bits per heavy atom. The zero-order chi connectivity index (χ0) is 31.2. The third-order valence-corrected chi connectivity index (χ3v) is 8.42. The van der Waals surface area contributed by atoms with Crippen LogP contribution in [0.25, 0.3) is 0 Å². The number of carbonyl (C=O) groups excluding carboxylic acids is 1. The van der Waals surface area contributed by atoms with Gasteiger partial charge in [0.1, 0.15) is 0 Å². The Bertz CT molecular complexity index is 1340. The van der Waals surface area contributed by atoms with Gasteiger partial charge in [0.2, 0.25) is 5.91 Å². The fraction of sp³-hybridized carbons (Fsp3) is 0.528. The van der Waals surface area contributed by atoms with Crippen molar-refractivity contribution in [3.05, 3.63) is 82.4 Å². The first-order valence-electron chi connectivity index (χ1n) is 15.4. The predicted octanol–water partition coefficient (Wildman–Crippen LogP) is 7.18. The van der Waals surface area contributed by atoms with Crippen molar-refractivity contribution in [1.82, 2.24) is 14.7 Å². The van der Waals surface area contributed by atoms with E-state index in [1.807, 2.05) is 29.2 Å². The summed E-state index contributed by atoms with van der Waals surface area (Å²) >= 11 is 0. The number of amides is 1. The Labute approximate surface area is 255 Å². The number of piperidine rings is 1. The van der Waals surface area contributed by atoms with Crippen molar-refractivity contribution in [3.63, 3.8) is 0 Å². The lowest BCUT2D eigenvalue weighted by atomic mass is 9.93. The van der Waals surface area contributed by atoms with Crippen LogP contribution in [-0.4, -0.2) is 66.4 Å². The van der Waals surface area contributed by atoms with Gasteiger partial charge >= 0.3 is 6.18 Å². The van der Waals surface area contributed by atoms with E-state index in [9.17, 15) is 18.0 Å². The van der Waals surface area contributed by atoms with Gasteiger partial charge in [-0.05, 0) is 96.3 Å². The number of carbonyl (C=O) groups is 1. The fourth-order valence-corrected chi connectivity index (χ4v) is 5.92. The molecule has 4 nitrogen and oxygen atoms in total. The second kappa shape index (κ2) is 14.1. The Morgan fingerprint density at radius 3 is 2.28 bits per heavy atom. The van der Waals surface area contributed by atoms with E-state index in [0.717, 1.165) is 68.6 Å². The molecule has 0 saturated carbocycles. The van der Waals surface area contributed by atoms with Gasteiger partial charge in [0.25, 0.3) is 0 Å². The number of halogens is 3. The van der Waals surface area contributed by atoms with E-state index in [-0.39, 0.29) is 23.8 Å². The van der Waals surface area contributed by atoms with Crippen molar-refractivity contribution in [2.45, 2.75) is 84.1 Å². The molecule has 2 aliphatic rings. The molecule has 232 valence electrons. The highest BCUT2D eigenvalue weighted by Crippen LogP contribution is 2.30. The second-order valence-electron chi connectivity index (χ2n) is 13.4. The van der Waals surface area contributed by atoms with E-state index in [1.54, 1.807) is 6.07 Å². The van der Waals surface area contributed by atoms with Crippen LogP contribution in [0.4, 0.5) is 13.2 Å². The molecule has 0 N–H and O–H groups in total. The van der Waals surface area contributed by atoms with Crippen LogP contribution in [0.2, 0.25) is 0 Å². The summed E-state index contributed by atoms with van der Waals surface area (Å²) in [5.41, 5.74) is 2.90. The maximum Gasteiger partial charge on any atom is 0.416 e. The minimum Gasteiger partial charge on any atom is -0.335 e. The Kier molecular flexibility index (Phi) is 10.8. The summed E-state index contributed by atoms with van der Waals surface area (Å²) in [5.74, 6) is 6.37. The van der Waals surface area contributed by atoms with Crippen molar-refractivity contribution in [3.8, 4) is 11.8 Å². The molecule has 0 spiro atoms. The van der Waals surface area contributed by atoms with Crippen LogP contribution in [0.15, 0.2) is 60.2 Å². The molecule has 1 aliphatic heterocycles. The lowest BCUT2D eigenvalue weighted by Gasteiger charge is -2.39. The van der Waals surface area contributed by atoms with Gasteiger partial charge < -0.3 is 9.80 Å². The first kappa shape index (κ1) is 32.8. The van der Waals surface area contributed by atoms with Crippen LogP contribution in [0.3, 0.4) is 0 Å². The Hall–Kier alpha value is -3.08. The molecule has 1 fully saturated rings. The van der Waals surface area contributed by atoms with Gasteiger partial charge in [0.15, 0.2) is 0 Å². The summed E-state index contributed by atoms with van der Waals surface area (Å²) in [6.45, 7) is 9.36. The molecule has 2 aromatic rings. The van der Waals surface area contributed by atoms with E-state index in [1.165, 1.54) is 18.1 Å². The minimum atomic E-state index is -4.44. The highest BCUT2D eigenvalue weighted by Gasteiger charge is 2.32. The summed E-state index contributed by atoms with van der Waals surface area (Å²) < 4.78 is 40.1. The molecule has 1 heterocycles. The molecule has 4 rings (SSSR count). The average molecular weight is 594 g/mol. The second-order valence-corrected chi connectivity index (χ2v) is 13.4. The van der Waals surface area contributed by atoms with E-state index >= 15 is 0 Å². The van der Waals surface area contributed by atoms with Crippen LogP contribution in [0.5, 0.6) is 0 Å². The van der Waals surface area contributed by atoms with E-state index in [4.69, 9.17) is 0 Å². The fourth-order valence-electron chi connectivity index (χ4n) is 5.92. The first-order chi connectivity index (χ1) is 20.3. The molecule has 1 amide bonds. The molecule has 2 aromatic carbocycles. The number of alkyl halides is 3. The van der Waals surface area contributed by atoms with Crippen molar-refractivity contribution in [1.29, 1.82) is 0 Å². The molecule has 0 aromatic heterocycles. The lowest BCUT2D eigenvalue weighted by Crippen LogP contribution is -2.48. The summed E-state index contributed by atoms with van der Waals surface area (Å²) in [6.07, 6.45) is 2.98. The quantitative estimate of drug-likeness (QED) is 0.240.